The van der Waals surface area contributed by atoms with Crippen LogP contribution in [0, 0.1) is 13.8 Å². The van der Waals surface area contributed by atoms with E-state index in [4.69, 9.17) is 0 Å². The first-order valence-corrected chi connectivity index (χ1v) is 9.17. The van der Waals surface area contributed by atoms with E-state index in [2.05, 4.69) is 27.1 Å². The molecule has 4 aromatic rings. The number of fused-ring (bicyclic) bond motifs is 1. The van der Waals surface area contributed by atoms with Gasteiger partial charge in [-0.2, -0.15) is 5.10 Å². The molecule has 0 aliphatic heterocycles. The number of hydrogen-bond acceptors (Lipinski definition) is 5. The summed E-state index contributed by atoms with van der Waals surface area (Å²) in [5.74, 6) is 0.671. The van der Waals surface area contributed by atoms with Gasteiger partial charge in [-0.25, -0.2) is 4.98 Å². The minimum Gasteiger partial charge on any atom is -0.268 e. The summed E-state index contributed by atoms with van der Waals surface area (Å²) in [6.45, 7) is 4.09. The van der Waals surface area contributed by atoms with Crippen molar-refractivity contribution in [1.29, 1.82) is 0 Å². The molecule has 7 heteroatoms. The van der Waals surface area contributed by atoms with Crippen LogP contribution in [-0.2, 0) is 5.75 Å². The van der Waals surface area contributed by atoms with Crippen LogP contribution in [0.5, 0.6) is 0 Å². The standard InChI is InChI=1S/C19H17N5OS/c1-12-5-6-15(8-13(12)2)24-18(25)16-10-21-23-17(16)22-19(24)26-11-14-4-3-7-20-9-14/h3-10H,11H2,1-2H3,(H,21,23). The van der Waals surface area contributed by atoms with Gasteiger partial charge in [0.05, 0.1) is 11.9 Å². The van der Waals surface area contributed by atoms with E-state index < -0.39 is 0 Å². The fourth-order valence-electron chi connectivity index (χ4n) is 2.69. The van der Waals surface area contributed by atoms with Gasteiger partial charge >= 0.3 is 0 Å². The Morgan fingerprint density at radius 2 is 2.04 bits per heavy atom. The summed E-state index contributed by atoms with van der Waals surface area (Å²) in [5.41, 5.74) is 4.57. The summed E-state index contributed by atoms with van der Waals surface area (Å²) in [7, 11) is 0. The van der Waals surface area contributed by atoms with Crippen LogP contribution in [0.15, 0.2) is 58.9 Å². The molecular weight excluding hydrogens is 346 g/mol. The lowest BCUT2D eigenvalue weighted by Gasteiger charge is -2.13. The number of pyridine rings is 1. The number of hydrogen-bond donors (Lipinski definition) is 1. The summed E-state index contributed by atoms with van der Waals surface area (Å²) in [6.07, 6.45) is 5.09. The number of aromatic amines is 1. The second-order valence-corrected chi connectivity index (χ2v) is 7.03. The Hall–Kier alpha value is -2.93. The molecule has 0 radical (unpaired) electrons. The zero-order valence-electron chi connectivity index (χ0n) is 14.4. The molecule has 0 saturated carbocycles. The zero-order chi connectivity index (χ0) is 18.1. The molecule has 0 aliphatic rings. The van der Waals surface area contributed by atoms with Crippen molar-refractivity contribution in [3.63, 3.8) is 0 Å². The fourth-order valence-corrected chi connectivity index (χ4v) is 3.63. The molecule has 1 N–H and O–H groups in total. The van der Waals surface area contributed by atoms with Gasteiger partial charge in [-0.3, -0.25) is 19.4 Å². The van der Waals surface area contributed by atoms with Gasteiger partial charge in [-0.15, -0.1) is 0 Å². The second-order valence-electron chi connectivity index (χ2n) is 6.09. The first-order valence-electron chi connectivity index (χ1n) is 8.19. The van der Waals surface area contributed by atoms with Gasteiger partial charge in [-0.05, 0) is 48.7 Å². The molecule has 6 nitrogen and oxygen atoms in total. The van der Waals surface area contributed by atoms with E-state index in [0.717, 1.165) is 16.8 Å². The van der Waals surface area contributed by atoms with Crippen molar-refractivity contribution in [3.8, 4) is 5.69 Å². The highest BCUT2D eigenvalue weighted by atomic mass is 32.2. The molecule has 4 rings (SSSR count). The lowest BCUT2D eigenvalue weighted by molar-refractivity contribution is 0.814. The highest BCUT2D eigenvalue weighted by molar-refractivity contribution is 7.98. The third-order valence-corrected chi connectivity index (χ3v) is 5.30. The number of benzene rings is 1. The third-order valence-electron chi connectivity index (χ3n) is 4.29. The van der Waals surface area contributed by atoms with Crippen molar-refractivity contribution >= 4 is 22.8 Å². The summed E-state index contributed by atoms with van der Waals surface area (Å²) in [4.78, 5) is 21.8. The van der Waals surface area contributed by atoms with Crippen molar-refractivity contribution in [2.45, 2.75) is 24.8 Å². The van der Waals surface area contributed by atoms with Crippen LogP contribution >= 0.6 is 11.8 Å². The predicted molar refractivity (Wildman–Crippen MR) is 103 cm³/mol. The largest absolute Gasteiger partial charge is 0.269 e. The highest BCUT2D eigenvalue weighted by Crippen LogP contribution is 2.24. The SMILES string of the molecule is Cc1ccc(-n2c(SCc3cccnc3)nc3[nH]ncc3c2=O)cc1C. The maximum absolute atomic E-state index is 13.1. The molecule has 0 bridgehead atoms. The average Bonchev–Trinajstić information content (AvgIpc) is 3.12. The third kappa shape index (κ3) is 3.01. The Morgan fingerprint density at radius 3 is 2.81 bits per heavy atom. The van der Waals surface area contributed by atoms with Crippen molar-refractivity contribution in [3.05, 3.63) is 76.0 Å². The maximum Gasteiger partial charge on any atom is 0.269 e. The molecular formula is C19H17N5OS. The Morgan fingerprint density at radius 1 is 1.15 bits per heavy atom. The van der Waals surface area contributed by atoms with Crippen LogP contribution in [0.4, 0.5) is 0 Å². The minimum absolute atomic E-state index is 0.124. The first-order chi connectivity index (χ1) is 12.6. The highest BCUT2D eigenvalue weighted by Gasteiger charge is 2.15. The minimum atomic E-state index is -0.124. The van der Waals surface area contributed by atoms with Crippen molar-refractivity contribution < 1.29 is 0 Å². The van der Waals surface area contributed by atoms with Crippen LogP contribution in [-0.4, -0.2) is 24.7 Å². The summed E-state index contributed by atoms with van der Waals surface area (Å²) in [5, 5.41) is 7.87. The topological polar surface area (TPSA) is 76.5 Å². The molecule has 3 aromatic heterocycles. The molecule has 130 valence electrons. The number of nitrogens with zero attached hydrogens (tertiary/aromatic N) is 4. The van der Waals surface area contributed by atoms with E-state index in [1.54, 1.807) is 10.8 Å². The molecule has 0 saturated heterocycles. The molecule has 0 amide bonds. The van der Waals surface area contributed by atoms with E-state index in [-0.39, 0.29) is 5.56 Å². The van der Waals surface area contributed by atoms with E-state index in [9.17, 15) is 4.79 Å². The number of aromatic nitrogens is 5. The molecule has 3 heterocycles. The van der Waals surface area contributed by atoms with Gasteiger partial charge in [-0.1, -0.05) is 23.9 Å². The average molecular weight is 363 g/mol. The normalized spacial score (nSPS) is 11.2. The molecule has 0 aliphatic carbocycles. The van der Waals surface area contributed by atoms with Crippen molar-refractivity contribution in [1.82, 2.24) is 24.7 Å². The van der Waals surface area contributed by atoms with E-state index in [1.807, 2.05) is 43.5 Å². The smallest absolute Gasteiger partial charge is 0.268 e. The summed E-state index contributed by atoms with van der Waals surface area (Å²) < 4.78 is 1.66. The molecule has 0 fully saturated rings. The van der Waals surface area contributed by atoms with Crippen LogP contribution in [0.2, 0.25) is 0 Å². The lowest BCUT2D eigenvalue weighted by atomic mass is 10.1. The maximum atomic E-state index is 13.1. The molecule has 26 heavy (non-hydrogen) atoms. The Bertz CT molecular complexity index is 1130. The first kappa shape index (κ1) is 16.5. The van der Waals surface area contributed by atoms with Crippen LogP contribution < -0.4 is 5.56 Å². The monoisotopic (exact) mass is 363 g/mol. The molecule has 1 aromatic carbocycles. The van der Waals surface area contributed by atoms with Gasteiger partial charge in [0, 0.05) is 18.1 Å². The number of H-pyrrole nitrogens is 1. The summed E-state index contributed by atoms with van der Waals surface area (Å²) >= 11 is 1.50. The van der Waals surface area contributed by atoms with Crippen LogP contribution in [0.25, 0.3) is 16.7 Å². The van der Waals surface area contributed by atoms with Gasteiger partial charge in [0.15, 0.2) is 10.8 Å². The van der Waals surface area contributed by atoms with E-state index in [0.29, 0.717) is 21.9 Å². The van der Waals surface area contributed by atoms with E-state index >= 15 is 0 Å². The van der Waals surface area contributed by atoms with Gasteiger partial charge in [0.1, 0.15) is 5.39 Å². The number of nitrogens with one attached hydrogen (secondary N) is 1. The zero-order valence-corrected chi connectivity index (χ0v) is 15.2. The van der Waals surface area contributed by atoms with Gasteiger partial charge in [0.2, 0.25) is 0 Å². The van der Waals surface area contributed by atoms with Gasteiger partial charge < -0.3 is 0 Å². The molecule has 0 atom stereocenters. The van der Waals surface area contributed by atoms with E-state index in [1.165, 1.54) is 23.5 Å². The number of thioether (sulfide) groups is 1. The summed E-state index contributed by atoms with van der Waals surface area (Å²) in [6, 6.07) is 9.89. The quantitative estimate of drug-likeness (QED) is 0.444. The Kier molecular flexibility index (Phi) is 4.30. The molecule has 0 spiro atoms. The number of rotatable bonds is 4. The van der Waals surface area contributed by atoms with Crippen molar-refractivity contribution in [2.75, 3.05) is 0 Å². The van der Waals surface area contributed by atoms with Crippen LogP contribution in [0.3, 0.4) is 0 Å². The molecule has 0 unspecified atom stereocenters. The number of aryl methyl sites for hydroxylation is 2. The van der Waals surface area contributed by atoms with Gasteiger partial charge in [0.25, 0.3) is 5.56 Å². The Balaban J connectivity index is 1.84. The predicted octanol–water partition coefficient (Wildman–Crippen LogP) is 3.41. The lowest BCUT2D eigenvalue weighted by Crippen LogP contribution is -2.21. The van der Waals surface area contributed by atoms with Crippen molar-refractivity contribution in [2.24, 2.45) is 0 Å². The Labute approximate surface area is 154 Å². The van der Waals surface area contributed by atoms with Crippen LogP contribution in [0.1, 0.15) is 16.7 Å². The fraction of sp³-hybridized carbons (Fsp3) is 0.158. The second kappa shape index (κ2) is 6.76.